The topological polar surface area (TPSA) is 48.4 Å². The minimum absolute atomic E-state index is 0.181. The first-order valence-electron chi connectivity index (χ1n) is 5.03. The van der Waals surface area contributed by atoms with Gasteiger partial charge in [0.1, 0.15) is 12.4 Å². The first kappa shape index (κ1) is 9.96. The summed E-state index contributed by atoms with van der Waals surface area (Å²) >= 11 is 0. The van der Waals surface area contributed by atoms with Crippen LogP contribution in [0.15, 0.2) is 18.5 Å². The van der Waals surface area contributed by atoms with Crippen molar-refractivity contribution in [3.8, 4) is 5.75 Å². The first-order chi connectivity index (χ1) is 7.31. The van der Waals surface area contributed by atoms with Crippen molar-refractivity contribution in [2.75, 3.05) is 13.2 Å². The zero-order chi connectivity index (χ0) is 10.7. The van der Waals surface area contributed by atoms with Gasteiger partial charge in [-0.1, -0.05) is 0 Å². The summed E-state index contributed by atoms with van der Waals surface area (Å²) in [5, 5.41) is 0. The van der Waals surface area contributed by atoms with Gasteiger partial charge in [0.2, 0.25) is 0 Å². The second kappa shape index (κ2) is 4.29. The number of ether oxygens (including phenoxy) is 2. The van der Waals surface area contributed by atoms with Crippen LogP contribution in [-0.4, -0.2) is 24.2 Å². The third-order valence-electron chi connectivity index (χ3n) is 2.40. The lowest BCUT2D eigenvalue weighted by atomic mass is 9.98. The SMILES string of the molecule is CCOC(=O)C1COc2cnccc2C1. The number of carbonyl (C=O) groups is 1. The third kappa shape index (κ3) is 2.09. The fourth-order valence-electron chi connectivity index (χ4n) is 1.63. The van der Waals surface area contributed by atoms with Crippen molar-refractivity contribution >= 4 is 5.97 Å². The highest BCUT2D eigenvalue weighted by Gasteiger charge is 2.26. The van der Waals surface area contributed by atoms with Gasteiger partial charge in [-0.25, -0.2) is 0 Å². The van der Waals surface area contributed by atoms with Crippen molar-refractivity contribution in [2.24, 2.45) is 5.92 Å². The number of pyridine rings is 1. The van der Waals surface area contributed by atoms with Crippen LogP contribution >= 0.6 is 0 Å². The largest absolute Gasteiger partial charge is 0.491 e. The molecular weight excluding hydrogens is 194 g/mol. The molecule has 15 heavy (non-hydrogen) atoms. The normalized spacial score (nSPS) is 18.9. The van der Waals surface area contributed by atoms with Gasteiger partial charge in [-0.15, -0.1) is 0 Å². The summed E-state index contributed by atoms with van der Waals surface area (Å²) in [6.45, 7) is 2.61. The molecule has 1 aliphatic rings. The minimum Gasteiger partial charge on any atom is -0.491 e. The van der Waals surface area contributed by atoms with Crippen LogP contribution in [0.4, 0.5) is 0 Å². The maximum Gasteiger partial charge on any atom is 0.312 e. The molecule has 1 atom stereocenters. The van der Waals surface area contributed by atoms with Crippen LogP contribution < -0.4 is 4.74 Å². The van der Waals surface area contributed by atoms with Gasteiger partial charge in [-0.3, -0.25) is 9.78 Å². The van der Waals surface area contributed by atoms with E-state index in [1.54, 1.807) is 19.3 Å². The van der Waals surface area contributed by atoms with Gasteiger partial charge in [0.15, 0.2) is 0 Å². The summed E-state index contributed by atoms with van der Waals surface area (Å²) in [4.78, 5) is 15.5. The summed E-state index contributed by atoms with van der Waals surface area (Å²) in [5.41, 5.74) is 1.02. The van der Waals surface area contributed by atoms with Gasteiger partial charge in [-0.05, 0) is 25.0 Å². The van der Waals surface area contributed by atoms with Crippen molar-refractivity contribution in [3.05, 3.63) is 24.0 Å². The fraction of sp³-hybridized carbons (Fsp3) is 0.455. The Labute approximate surface area is 88.2 Å². The Kier molecular flexibility index (Phi) is 2.85. The number of rotatable bonds is 2. The van der Waals surface area contributed by atoms with Crippen molar-refractivity contribution in [2.45, 2.75) is 13.3 Å². The second-order valence-electron chi connectivity index (χ2n) is 3.45. The Hall–Kier alpha value is -1.58. The number of nitrogens with zero attached hydrogens (tertiary/aromatic N) is 1. The number of aromatic nitrogens is 1. The van der Waals surface area contributed by atoms with E-state index in [1.165, 1.54) is 0 Å². The van der Waals surface area contributed by atoms with Crippen molar-refractivity contribution in [3.63, 3.8) is 0 Å². The maximum absolute atomic E-state index is 11.5. The Morgan fingerprint density at radius 2 is 2.60 bits per heavy atom. The Morgan fingerprint density at radius 3 is 3.40 bits per heavy atom. The monoisotopic (exact) mass is 207 g/mol. The molecular formula is C11H13NO3. The van der Waals surface area contributed by atoms with E-state index in [0.717, 1.165) is 11.3 Å². The van der Waals surface area contributed by atoms with E-state index in [1.807, 2.05) is 6.07 Å². The summed E-state index contributed by atoms with van der Waals surface area (Å²) < 4.78 is 10.4. The molecule has 0 saturated carbocycles. The molecule has 1 aromatic rings. The van der Waals surface area contributed by atoms with Gasteiger partial charge in [0.25, 0.3) is 0 Å². The van der Waals surface area contributed by atoms with Crippen LogP contribution in [0.5, 0.6) is 5.75 Å². The highest BCUT2D eigenvalue weighted by atomic mass is 16.5. The van der Waals surface area contributed by atoms with Crippen LogP contribution in [0, 0.1) is 5.92 Å². The fourth-order valence-corrected chi connectivity index (χ4v) is 1.63. The molecule has 1 aromatic heterocycles. The molecule has 0 spiro atoms. The van der Waals surface area contributed by atoms with E-state index in [-0.39, 0.29) is 11.9 Å². The number of fused-ring (bicyclic) bond motifs is 1. The molecule has 2 rings (SSSR count). The molecule has 1 aliphatic heterocycles. The van der Waals surface area contributed by atoms with Crippen LogP contribution in [0.2, 0.25) is 0 Å². The Bertz CT molecular complexity index is 365. The first-order valence-corrected chi connectivity index (χ1v) is 5.03. The van der Waals surface area contributed by atoms with E-state index in [0.29, 0.717) is 19.6 Å². The number of hydrogen-bond donors (Lipinski definition) is 0. The molecule has 2 heterocycles. The molecule has 0 radical (unpaired) electrons. The minimum atomic E-state index is -0.181. The summed E-state index contributed by atoms with van der Waals surface area (Å²) in [7, 11) is 0. The average molecular weight is 207 g/mol. The van der Waals surface area contributed by atoms with Crippen LogP contribution in [0.1, 0.15) is 12.5 Å². The van der Waals surface area contributed by atoms with E-state index >= 15 is 0 Å². The van der Waals surface area contributed by atoms with E-state index in [9.17, 15) is 4.79 Å². The van der Waals surface area contributed by atoms with Crippen LogP contribution in [0.25, 0.3) is 0 Å². The van der Waals surface area contributed by atoms with Gasteiger partial charge < -0.3 is 9.47 Å². The van der Waals surface area contributed by atoms with Gasteiger partial charge in [0, 0.05) is 6.20 Å². The standard InChI is InChI=1S/C11H13NO3/c1-2-14-11(13)9-5-8-3-4-12-6-10(8)15-7-9/h3-4,6,9H,2,5,7H2,1H3. The molecule has 0 bridgehead atoms. The highest BCUT2D eigenvalue weighted by molar-refractivity contribution is 5.73. The molecule has 0 N–H and O–H groups in total. The lowest BCUT2D eigenvalue weighted by molar-refractivity contribution is -0.149. The molecule has 0 aliphatic carbocycles. The van der Waals surface area contributed by atoms with Crippen molar-refractivity contribution in [1.82, 2.24) is 4.98 Å². The summed E-state index contributed by atoms with van der Waals surface area (Å²) in [6, 6.07) is 1.88. The quantitative estimate of drug-likeness (QED) is 0.683. The molecule has 0 amide bonds. The highest BCUT2D eigenvalue weighted by Crippen LogP contribution is 2.26. The van der Waals surface area contributed by atoms with E-state index in [2.05, 4.69) is 4.98 Å². The molecule has 80 valence electrons. The number of esters is 1. The van der Waals surface area contributed by atoms with Crippen molar-refractivity contribution < 1.29 is 14.3 Å². The second-order valence-corrected chi connectivity index (χ2v) is 3.45. The lowest BCUT2D eigenvalue weighted by Crippen LogP contribution is -2.29. The number of hydrogen-bond acceptors (Lipinski definition) is 4. The Morgan fingerprint density at radius 1 is 1.73 bits per heavy atom. The molecule has 1 unspecified atom stereocenters. The van der Waals surface area contributed by atoms with Crippen LogP contribution in [0.3, 0.4) is 0 Å². The van der Waals surface area contributed by atoms with Gasteiger partial charge >= 0.3 is 5.97 Å². The van der Waals surface area contributed by atoms with Crippen LogP contribution in [-0.2, 0) is 16.0 Å². The predicted molar refractivity (Wildman–Crippen MR) is 53.6 cm³/mol. The number of carbonyl (C=O) groups excluding carboxylic acids is 1. The zero-order valence-electron chi connectivity index (χ0n) is 8.60. The average Bonchev–Trinajstić information content (AvgIpc) is 2.29. The molecule has 0 aromatic carbocycles. The maximum atomic E-state index is 11.5. The van der Waals surface area contributed by atoms with Gasteiger partial charge in [0.05, 0.1) is 18.7 Å². The Balaban J connectivity index is 2.08. The van der Waals surface area contributed by atoms with E-state index in [4.69, 9.17) is 9.47 Å². The zero-order valence-corrected chi connectivity index (χ0v) is 8.60. The lowest BCUT2D eigenvalue weighted by Gasteiger charge is -2.23. The molecule has 0 saturated heterocycles. The summed E-state index contributed by atoms with van der Waals surface area (Å²) in [6.07, 6.45) is 4.06. The van der Waals surface area contributed by atoms with Gasteiger partial charge in [-0.2, -0.15) is 0 Å². The molecule has 4 nitrogen and oxygen atoms in total. The predicted octanol–water partition coefficient (Wildman–Crippen LogP) is 1.20. The van der Waals surface area contributed by atoms with Crippen molar-refractivity contribution in [1.29, 1.82) is 0 Å². The summed E-state index contributed by atoms with van der Waals surface area (Å²) in [5.74, 6) is 0.415. The molecule has 4 heteroatoms. The van der Waals surface area contributed by atoms with E-state index < -0.39 is 0 Å². The molecule has 0 fully saturated rings. The smallest absolute Gasteiger partial charge is 0.312 e. The third-order valence-corrected chi connectivity index (χ3v) is 2.40.